The number of aromatic nitrogens is 1. The fourth-order valence-electron chi connectivity index (χ4n) is 5.01. The molecule has 0 unspecified atom stereocenters. The number of amides is 1. The van der Waals surface area contributed by atoms with Crippen molar-refractivity contribution in [1.29, 1.82) is 0 Å². The molecule has 0 fully saturated rings. The highest BCUT2D eigenvalue weighted by atomic mass is 32.1. The minimum Gasteiger partial charge on any atom is -0.462 e. The maximum absolute atomic E-state index is 13.8. The Kier molecular flexibility index (Phi) is 7.38. The molecule has 4 aromatic rings. The van der Waals surface area contributed by atoms with Gasteiger partial charge < -0.3 is 10.1 Å². The van der Waals surface area contributed by atoms with Gasteiger partial charge in [0.1, 0.15) is 5.00 Å². The summed E-state index contributed by atoms with van der Waals surface area (Å²) in [5.74, 6) is -0.602. The number of hydrogen-bond acceptors (Lipinski definition) is 5. The fraction of sp³-hybridized carbons (Fsp3) is 0.323. The van der Waals surface area contributed by atoms with Crippen LogP contribution in [0, 0.1) is 13.8 Å². The van der Waals surface area contributed by atoms with Crippen molar-refractivity contribution in [2.45, 2.75) is 59.3 Å². The quantitative estimate of drug-likeness (QED) is 0.279. The van der Waals surface area contributed by atoms with Gasteiger partial charge >= 0.3 is 5.97 Å². The third kappa shape index (κ3) is 5.16. The molecule has 1 N–H and O–H groups in total. The average Bonchev–Trinajstić information content (AvgIpc) is 3.20. The highest BCUT2D eigenvalue weighted by Gasteiger charge is 2.27. The molecule has 190 valence electrons. The number of nitrogens with one attached hydrogen (secondary N) is 1. The van der Waals surface area contributed by atoms with Gasteiger partial charge in [0.05, 0.1) is 28.9 Å². The number of thiophene rings is 1. The first-order chi connectivity index (χ1) is 18.0. The zero-order valence-corrected chi connectivity index (χ0v) is 22.5. The van der Waals surface area contributed by atoms with Crippen molar-refractivity contribution in [2.75, 3.05) is 11.9 Å². The van der Waals surface area contributed by atoms with E-state index in [1.54, 1.807) is 0 Å². The summed E-state index contributed by atoms with van der Waals surface area (Å²) in [5.41, 5.74) is 6.97. The van der Waals surface area contributed by atoms with Crippen LogP contribution in [-0.2, 0) is 17.6 Å². The van der Waals surface area contributed by atoms with E-state index in [9.17, 15) is 9.59 Å². The maximum atomic E-state index is 13.8. The van der Waals surface area contributed by atoms with E-state index >= 15 is 0 Å². The van der Waals surface area contributed by atoms with Crippen molar-refractivity contribution in [3.8, 4) is 11.3 Å². The molecule has 6 heteroatoms. The Morgan fingerprint density at radius 1 is 0.973 bits per heavy atom. The second kappa shape index (κ2) is 10.9. The van der Waals surface area contributed by atoms with E-state index in [-0.39, 0.29) is 11.9 Å². The van der Waals surface area contributed by atoms with E-state index < -0.39 is 0 Å². The van der Waals surface area contributed by atoms with E-state index in [1.807, 2.05) is 43.3 Å². The number of nitrogens with zero attached hydrogens (tertiary/aromatic N) is 1. The molecule has 1 amide bonds. The number of carbonyl (C=O) groups excluding carboxylic acids is 2. The number of esters is 1. The number of fused-ring (bicyclic) bond motifs is 2. The van der Waals surface area contributed by atoms with Crippen molar-refractivity contribution >= 4 is 39.1 Å². The summed E-state index contributed by atoms with van der Waals surface area (Å²) in [6, 6.07) is 15.8. The summed E-state index contributed by atoms with van der Waals surface area (Å²) >= 11 is 1.52. The standard InChI is InChI=1S/C31H32N2O3S/c1-4-36-31(35)28-23-12-7-5-6-8-14-27(23)37-30(28)33-29(34)24-18-26(21-16-15-19(2)20(3)17-21)32-25-13-10-9-11-22(24)25/h9-11,13,15-18H,4-8,12,14H2,1-3H3,(H,33,34). The number of ether oxygens (including phenoxy) is 1. The van der Waals surface area contributed by atoms with Gasteiger partial charge in [-0.15, -0.1) is 11.3 Å². The van der Waals surface area contributed by atoms with E-state index in [0.29, 0.717) is 22.7 Å². The molecule has 37 heavy (non-hydrogen) atoms. The lowest BCUT2D eigenvalue weighted by molar-refractivity contribution is 0.0526. The summed E-state index contributed by atoms with van der Waals surface area (Å²) in [4.78, 5) is 32.9. The monoisotopic (exact) mass is 512 g/mol. The molecular weight excluding hydrogens is 480 g/mol. The van der Waals surface area contributed by atoms with Crippen molar-refractivity contribution in [2.24, 2.45) is 0 Å². The maximum Gasteiger partial charge on any atom is 0.341 e. The van der Waals surface area contributed by atoms with Gasteiger partial charge in [-0.3, -0.25) is 4.79 Å². The molecule has 0 aliphatic heterocycles. The van der Waals surface area contributed by atoms with Crippen molar-refractivity contribution < 1.29 is 14.3 Å². The van der Waals surface area contributed by atoms with E-state index in [1.165, 1.54) is 33.8 Å². The normalized spacial score (nSPS) is 13.5. The Balaban J connectivity index is 1.58. The zero-order chi connectivity index (χ0) is 25.9. The largest absolute Gasteiger partial charge is 0.462 e. The Hall–Kier alpha value is -3.51. The topological polar surface area (TPSA) is 68.3 Å². The van der Waals surface area contributed by atoms with Crippen LogP contribution in [0.25, 0.3) is 22.2 Å². The van der Waals surface area contributed by atoms with E-state index in [4.69, 9.17) is 9.72 Å². The summed E-state index contributed by atoms with van der Waals surface area (Å²) in [6.07, 6.45) is 6.25. The van der Waals surface area contributed by atoms with Gasteiger partial charge in [0.2, 0.25) is 0 Å². The molecule has 5 rings (SSSR count). The average molecular weight is 513 g/mol. The molecule has 0 bridgehead atoms. The summed E-state index contributed by atoms with van der Waals surface area (Å²) in [6.45, 7) is 6.26. The van der Waals surface area contributed by atoms with Gasteiger partial charge in [-0.1, -0.05) is 43.2 Å². The third-order valence-corrected chi connectivity index (χ3v) is 8.35. The molecule has 0 spiro atoms. The predicted molar refractivity (Wildman–Crippen MR) is 151 cm³/mol. The van der Waals surface area contributed by atoms with Crippen LogP contribution in [0.15, 0.2) is 48.5 Å². The highest BCUT2D eigenvalue weighted by molar-refractivity contribution is 7.17. The molecule has 0 radical (unpaired) electrons. The molecule has 1 aliphatic carbocycles. The first-order valence-corrected chi connectivity index (χ1v) is 13.9. The highest BCUT2D eigenvalue weighted by Crippen LogP contribution is 2.38. The van der Waals surface area contributed by atoms with Gasteiger partial charge in [0.25, 0.3) is 5.91 Å². The summed E-state index contributed by atoms with van der Waals surface area (Å²) < 4.78 is 5.43. The lowest BCUT2D eigenvalue weighted by Crippen LogP contribution is -2.16. The number of anilines is 1. The van der Waals surface area contributed by atoms with Gasteiger partial charge in [0.15, 0.2) is 0 Å². The Bertz CT molecular complexity index is 1490. The van der Waals surface area contributed by atoms with Crippen LogP contribution < -0.4 is 5.32 Å². The SMILES string of the molecule is CCOC(=O)c1c(NC(=O)c2cc(-c3ccc(C)c(C)c3)nc3ccccc23)sc2c1CCCCCC2. The molecule has 0 saturated carbocycles. The van der Waals surface area contributed by atoms with Gasteiger partial charge in [-0.05, 0) is 81.3 Å². The van der Waals surface area contributed by atoms with Crippen LogP contribution in [0.4, 0.5) is 5.00 Å². The van der Waals surface area contributed by atoms with Crippen LogP contribution in [0.1, 0.15) is 74.9 Å². The lowest BCUT2D eigenvalue weighted by Gasteiger charge is -2.13. The number of carbonyl (C=O) groups is 2. The van der Waals surface area contributed by atoms with Crippen LogP contribution in [0.5, 0.6) is 0 Å². The van der Waals surface area contributed by atoms with Crippen LogP contribution >= 0.6 is 11.3 Å². The zero-order valence-electron chi connectivity index (χ0n) is 21.6. The van der Waals surface area contributed by atoms with Crippen LogP contribution in [0.2, 0.25) is 0 Å². The molecule has 1 aliphatic rings. The van der Waals surface area contributed by atoms with Gasteiger partial charge in [-0.25, -0.2) is 9.78 Å². The van der Waals surface area contributed by atoms with Crippen molar-refractivity contribution in [3.05, 3.63) is 81.2 Å². The molecule has 0 atom stereocenters. The number of hydrogen-bond donors (Lipinski definition) is 1. The predicted octanol–water partition coefficient (Wildman–Crippen LogP) is 7.67. The molecule has 0 saturated heterocycles. The van der Waals surface area contributed by atoms with E-state index in [2.05, 4.69) is 31.3 Å². The second-order valence-electron chi connectivity index (χ2n) is 9.67. The lowest BCUT2D eigenvalue weighted by atomic mass is 9.96. The van der Waals surface area contributed by atoms with Crippen molar-refractivity contribution in [1.82, 2.24) is 4.98 Å². The molecule has 2 aromatic carbocycles. The first-order valence-electron chi connectivity index (χ1n) is 13.1. The number of pyridine rings is 1. The molecule has 5 nitrogen and oxygen atoms in total. The Morgan fingerprint density at radius 2 is 1.76 bits per heavy atom. The molecule has 2 aromatic heterocycles. The smallest absolute Gasteiger partial charge is 0.341 e. The minimum absolute atomic E-state index is 0.247. The van der Waals surface area contributed by atoms with Gasteiger partial charge in [-0.2, -0.15) is 0 Å². The Morgan fingerprint density at radius 3 is 2.54 bits per heavy atom. The number of aryl methyl sites for hydroxylation is 3. The van der Waals surface area contributed by atoms with Crippen LogP contribution in [-0.4, -0.2) is 23.5 Å². The molecular formula is C31H32N2O3S. The Labute approximate surface area is 221 Å². The van der Waals surface area contributed by atoms with E-state index in [0.717, 1.165) is 59.8 Å². The molecule has 2 heterocycles. The number of rotatable bonds is 5. The number of para-hydroxylation sites is 1. The van der Waals surface area contributed by atoms with Crippen molar-refractivity contribution in [3.63, 3.8) is 0 Å². The van der Waals surface area contributed by atoms with Crippen LogP contribution in [0.3, 0.4) is 0 Å². The fourth-order valence-corrected chi connectivity index (χ4v) is 6.28. The van der Waals surface area contributed by atoms with Gasteiger partial charge in [0, 0.05) is 15.8 Å². The first kappa shape index (κ1) is 25.2. The third-order valence-electron chi connectivity index (χ3n) is 7.14. The summed E-state index contributed by atoms with van der Waals surface area (Å²) in [5, 5.41) is 4.47. The summed E-state index contributed by atoms with van der Waals surface area (Å²) in [7, 11) is 0. The second-order valence-corrected chi connectivity index (χ2v) is 10.8. The number of benzene rings is 2. The minimum atomic E-state index is -0.355.